The van der Waals surface area contributed by atoms with Crippen LogP contribution in [0.15, 0.2) is 54.9 Å². The number of imidazole rings is 1. The quantitative estimate of drug-likeness (QED) is 0.803. The molecule has 0 aliphatic carbocycles. The summed E-state index contributed by atoms with van der Waals surface area (Å²) >= 11 is 0. The molecule has 0 aliphatic rings. The highest BCUT2D eigenvalue weighted by Crippen LogP contribution is 2.14. The lowest BCUT2D eigenvalue weighted by atomic mass is 10.1. The number of fused-ring (bicyclic) bond motifs is 1. The maximum Gasteiger partial charge on any atom is 0.270 e. The minimum Gasteiger partial charge on any atom is -0.344 e. The first-order chi connectivity index (χ1) is 10.1. The molecule has 0 saturated carbocycles. The van der Waals surface area contributed by atoms with Gasteiger partial charge in [-0.25, -0.2) is 9.37 Å². The van der Waals surface area contributed by atoms with Crippen molar-refractivity contribution in [3.05, 3.63) is 71.9 Å². The van der Waals surface area contributed by atoms with Gasteiger partial charge in [0, 0.05) is 6.20 Å². The fourth-order valence-corrected chi connectivity index (χ4v) is 2.21. The van der Waals surface area contributed by atoms with E-state index in [4.69, 9.17) is 0 Å². The molecule has 106 valence electrons. The summed E-state index contributed by atoms with van der Waals surface area (Å²) in [5.41, 5.74) is 2.04. The normalized spacial score (nSPS) is 12.3. The van der Waals surface area contributed by atoms with Gasteiger partial charge < -0.3 is 5.32 Å². The number of hydrogen-bond donors (Lipinski definition) is 1. The molecular weight excluding hydrogens is 269 g/mol. The summed E-state index contributed by atoms with van der Waals surface area (Å²) in [5.74, 6) is -0.510. The minimum atomic E-state index is -0.293. The average Bonchev–Trinajstić information content (AvgIpc) is 2.92. The number of amides is 1. The summed E-state index contributed by atoms with van der Waals surface area (Å²) in [6.07, 6.45) is 3.34. The summed E-state index contributed by atoms with van der Waals surface area (Å²) < 4.78 is 14.6. The average molecular weight is 283 g/mol. The molecule has 0 saturated heterocycles. The standard InChI is InChI=1S/C16H14FN3O/c1-11(12-5-7-13(17)8-6-12)19-16(21)14-10-18-15-4-2-3-9-20(14)15/h2-11H,1H3,(H,19,21). The minimum absolute atomic E-state index is 0.215. The molecule has 3 aromatic rings. The van der Waals surface area contributed by atoms with Gasteiger partial charge in [0.15, 0.2) is 0 Å². The second-order valence-electron chi connectivity index (χ2n) is 4.82. The van der Waals surface area contributed by atoms with Crippen LogP contribution in [0.4, 0.5) is 4.39 Å². The Labute approximate surface area is 121 Å². The van der Waals surface area contributed by atoms with Crippen LogP contribution >= 0.6 is 0 Å². The molecule has 0 fully saturated rings. The highest BCUT2D eigenvalue weighted by molar-refractivity contribution is 5.93. The smallest absolute Gasteiger partial charge is 0.270 e. The molecule has 3 rings (SSSR count). The summed E-state index contributed by atoms with van der Waals surface area (Å²) in [6, 6.07) is 11.4. The van der Waals surface area contributed by atoms with Crippen molar-refractivity contribution in [1.82, 2.24) is 14.7 Å². The van der Waals surface area contributed by atoms with Gasteiger partial charge in [0.2, 0.25) is 0 Å². The van der Waals surface area contributed by atoms with Crippen LogP contribution in [0.3, 0.4) is 0 Å². The number of aromatic nitrogens is 2. The van der Waals surface area contributed by atoms with E-state index in [1.807, 2.05) is 25.1 Å². The highest BCUT2D eigenvalue weighted by Gasteiger charge is 2.15. The van der Waals surface area contributed by atoms with Crippen LogP contribution < -0.4 is 5.32 Å². The Morgan fingerprint density at radius 1 is 1.24 bits per heavy atom. The number of carbonyl (C=O) groups excluding carboxylic acids is 1. The summed E-state index contributed by atoms with van der Waals surface area (Å²) in [6.45, 7) is 1.86. The monoisotopic (exact) mass is 283 g/mol. The summed E-state index contributed by atoms with van der Waals surface area (Å²) in [5, 5.41) is 2.89. The van der Waals surface area contributed by atoms with E-state index in [-0.39, 0.29) is 17.8 Å². The molecule has 0 aliphatic heterocycles. The Bertz CT molecular complexity index is 780. The van der Waals surface area contributed by atoms with E-state index in [2.05, 4.69) is 10.3 Å². The Kier molecular flexibility index (Phi) is 3.39. The van der Waals surface area contributed by atoms with E-state index >= 15 is 0 Å². The molecule has 2 heterocycles. The van der Waals surface area contributed by atoms with E-state index in [1.54, 1.807) is 28.9 Å². The van der Waals surface area contributed by atoms with E-state index in [0.717, 1.165) is 11.2 Å². The second kappa shape index (κ2) is 5.36. The molecular formula is C16H14FN3O. The lowest BCUT2D eigenvalue weighted by Crippen LogP contribution is -2.27. The van der Waals surface area contributed by atoms with Gasteiger partial charge in [-0.1, -0.05) is 18.2 Å². The highest BCUT2D eigenvalue weighted by atomic mass is 19.1. The number of nitrogens with zero attached hydrogens (tertiary/aromatic N) is 2. The zero-order valence-electron chi connectivity index (χ0n) is 11.5. The molecule has 21 heavy (non-hydrogen) atoms. The van der Waals surface area contributed by atoms with Gasteiger partial charge in [0.05, 0.1) is 12.2 Å². The second-order valence-corrected chi connectivity index (χ2v) is 4.82. The van der Waals surface area contributed by atoms with Crippen LogP contribution in [0.25, 0.3) is 5.65 Å². The predicted octanol–water partition coefficient (Wildman–Crippen LogP) is 2.96. The number of rotatable bonds is 3. The number of pyridine rings is 1. The van der Waals surface area contributed by atoms with Gasteiger partial charge in [-0.2, -0.15) is 0 Å². The number of halogens is 1. The first-order valence-electron chi connectivity index (χ1n) is 6.63. The predicted molar refractivity (Wildman–Crippen MR) is 77.5 cm³/mol. The van der Waals surface area contributed by atoms with Gasteiger partial charge in [-0.15, -0.1) is 0 Å². The number of hydrogen-bond acceptors (Lipinski definition) is 2. The van der Waals surface area contributed by atoms with Crippen LogP contribution in [0.1, 0.15) is 29.0 Å². The van der Waals surface area contributed by atoms with Crippen LogP contribution in [-0.4, -0.2) is 15.3 Å². The molecule has 2 aromatic heterocycles. The molecule has 1 unspecified atom stereocenters. The van der Waals surface area contributed by atoms with Crippen LogP contribution in [0.5, 0.6) is 0 Å². The van der Waals surface area contributed by atoms with E-state index < -0.39 is 0 Å². The zero-order chi connectivity index (χ0) is 14.8. The Morgan fingerprint density at radius 2 is 2.00 bits per heavy atom. The van der Waals surface area contributed by atoms with Crippen molar-refractivity contribution < 1.29 is 9.18 Å². The summed E-state index contributed by atoms with van der Waals surface area (Å²) in [4.78, 5) is 16.5. The van der Waals surface area contributed by atoms with Crippen molar-refractivity contribution >= 4 is 11.6 Å². The van der Waals surface area contributed by atoms with Gasteiger partial charge in [-0.3, -0.25) is 9.20 Å². The van der Waals surface area contributed by atoms with Crippen molar-refractivity contribution in [3.63, 3.8) is 0 Å². The van der Waals surface area contributed by atoms with Crippen molar-refractivity contribution in [2.45, 2.75) is 13.0 Å². The van der Waals surface area contributed by atoms with E-state index in [1.165, 1.54) is 12.1 Å². The lowest BCUT2D eigenvalue weighted by Gasteiger charge is -2.14. The van der Waals surface area contributed by atoms with Crippen molar-refractivity contribution in [1.29, 1.82) is 0 Å². The fourth-order valence-electron chi connectivity index (χ4n) is 2.21. The van der Waals surface area contributed by atoms with Gasteiger partial charge in [0.25, 0.3) is 5.91 Å². The van der Waals surface area contributed by atoms with Gasteiger partial charge >= 0.3 is 0 Å². The van der Waals surface area contributed by atoms with Crippen molar-refractivity contribution in [2.75, 3.05) is 0 Å². The molecule has 1 aromatic carbocycles. The molecule has 0 bridgehead atoms. The van der Waals surface area contributed by atoms with Crippen molar-refractivity contribution in [2.24, 2.45) is 0 Å². The van der Waals surface area contributed by atoms with Crippen molar-refractivity contribution in [3.8, 4) is 0 Å². The SMILES string of the molecule is CC(NC(=O)c1cnc2ccccn12)c1ccc(F)cc1. The molecule has 0 spiro atoms. The first-order valence-corrected chi connectivity index (χ1v) is 6.63. The number of carbonyl (C=O) groups is 1. The molecule has 5 heteroatoms. The third kappa shape index (κ3) is 2.63. The molecule has 4 nitrogen and oxygen atoms in total. The molecule has 1 amide bonds. The lowest BCUT2D eigenvalue weighted by molar-refractivity contribution is 0.0934. The van der Waals surface area contributed by atoms with Crippen LogP contribution in [0.2, 0.25) is 0 Å². The third-order valence-electron chi connectivity index (χ3n) is 3.37. The maximum absolute atomic E-state index is 12.9. The molecule has 1 N–H and O–H groups in total. The third-order valence-corrected chi connectivity index (χ3v) is 3.37. The van der Waals surface area contributed by atoms with Gasteiger partial charge in [-0.05, 0) is 36.8 Å². The van der Waals surface area contributed by atoms with Gasteiger partial charge in [0.1, 0.15) is 17.2 Å². The Hall–Kier alpha value is -2.69. The maximum atomic E-state index is 12.9. The summed E-state index contributed by atoms with van der Waals surface area (Å²) in [7, 11) is 0. The largest absolute Gasteiger partial charge is 0.344 e. The zero-order valence-corrected chi connectivity index (χ0v) is 11.5. The molecule has 0 radical (unpaired) electrons. The fraction of sp³-hybridized carbons (Fsp3) is 0.125. The van der Waals surface area contributed by atoms with E-state index in [9.17, 15) is 9.18 Å². The van der Waals surface area contributed by atoms with Crippen LogP contribution in [0, 0.1) is 5.82 Å². The Morgan fingerprint density at radius 3 is 2.76 bits per heavy atom. The topological polar surface area (TPSA) is 46.4 Å². The molecule has 1 atom stereocenters. The van der Waals surface area contributed by atoms with E-state index in [0.29, 0.717) is 5.69 Å². The first kappa shape index (κ1) is 13.3. The van der Waals surface area contributed by atoms with Crippen LogP contribution in [-0.2, 0) is 0 Å². The number of nitrogens with one attached hydrogen (secondary N) is 1. The Balaban J connectivity index is 1.81. The number of benzene rings is 1.